The van der Waals surface area contributed by atoms with E-state index in [-0.39, 0.29) is 0 Å². The van der Waals surface area contributed by atoms with Crippen LogP contribution in [-0.2, 0) is 0 Å². The van der Waals surface area contributed by atoms with Crippen molar-refractivity contribution in [1.29, 1.82) is 5.26 Å². The molecule has 2 rings (SSSR count). The highest BCUT2D eigenvalue weighted by molar-refractivity contribution is 7.80. The van der Waals surface area contributed by atoms with Crippen LogP contribution in [0.25, 0.3) is 10.9 Å². The Balaban J connectivity index is 2.17. The summed E-state index contributed by atoms with van der Waals surface area (Å²) in [4.78, 5) is 4.57. The van der Waals surface area contributed by atoms with Gasteiger partial charge in [0.25, 0.3) is 0 Å². The van der Waals surface area contributed by atoms with E-state index in [9.17, 15) is 5.26 Å². The smallest absolute Gasteiger partial charge is 0.166 e. The molecule has 3 N–H and O–H groups in total. The first kappa shape index (κ1) is 15.0. The van der Waals surface area contributed by atoms with E-state index in [0.717, 1.165) is 16.5 Å². The Morgan fingerprint density at radius 1 is 1.38 bits per heavy atom. The van der Waals surface area contributed by atoms with Gasteiger partial charge in [0.1, 0.15) is 11.9 Å². The van der Waals surface area contributed by atoms with E-state index >= 15 is 0 Å². The first-order chi connectivity index (χ1) is 10.2. The quantitative estimate of drug-likeness (QED) is 0.592. The Morgan fingerprint density at radius 2 is 2.19 bits per heavy atom. The van der Waals surface area contributed by atoms with Crippen molar-refractivity contribution in [1.82, 2.24) is 15.6 Å². The Morgan fingerprint density at radius 3 is 2.90 bits per heavy atom. The van der Waals surface area contributed by atoms with Crippen LogP contribution >= 0.6 is 12.2 Å². The maximum atomic E-state index is 9.25. The number of aromatic nitrogens is 1. The summed E-state index contributed by atoms with van der Waals surface area (Å²) < 4.78 is 0. The number of nitriles is 1. The molecule has 0 aliphatic rings. The Hall–Kier alpha value is -2.39. The topological polar surface area (TPSA) is 72.8 Å². The third-order valence-electron chi connectivity index (χ3n) is 3.10. The number of fused-ring (bicyclic) bond motifs is 1. The minimum atomic E-state index is 0.546. The number of nitrogens with one attached hydrogen (secondary N) is 3. The molecular weight excluding hydrogens is 282 g/mol. The fraction of sp³-hybridized carbons (Fsp3) is 0.267. The number of pyridine rings is 1. The minimum Gasteiger partial charge on any atom is -0.367 e. The number of hydrogen-bond acceptors (Lipinski definition) is 4. The zero-order valence-corrected chi connectivity index (χ0v) is 12.8. The van der Waals surface area contributed by atoms with E-state index in [4.69, 9.17) is 12.2 Å². The van der Waals surface area contributed by atoms with Crippen LogP contribution in [0.5, 0.6) is 0 Å². The molecule has 1 heterocycles. The van der Waals surface area contributed by atoms with Crippen LogP contribution in [0.2, 0.25) is 0 Å². The molecule has 0 saturated carbocycles. The number of rotatable bonds is 4. The summed E-state index contributed by atoms with van der Waals surface area (Å²) in [7, 11) is 1.77. The molecule has 2 aromatic rings. The second kappa shape index (κ2) is 6.86. The summed E-state index contributed by atoms with van der Waals surface area (Å²) >= 11 is 5.00. The highest BCUT2D eigenvalue weighted by Crippen LogP contribution is 2.22. The number of benzene rings is 1. The molecule has 1 aromatic carbocycles. The lowest BCUT2D eigenvalue weighted by Gasteiger charge is -2.11. The van der Waals surface area contributed by atoms with E-state index in [2.05, 4.69) is 27.0 Å². The zero-order chi connectivity index (χ0) is 15.2. The lowest BCUT2D eigenvalue weighted by molar-refractivity contribution is 0.883. The average molecular weight is 299 g/mol. The molecule has 0 radical (unpaired) electrons. The molecule has 0 aliphatic heterocycles. The summed E-state index contributed by atoms with van der Waals surface area (Å²) in [6.07, 6.45) is 0. The van der Waals surface area contributed by atoms with Gasteiger partial charge in [0.15, 0.2) is 5.11 Å². The highest BCUT2D eigenvalue weighted by atomic mass is 32.1. The first-order valence-electron chi connectivity index (χ1n) is 6.65. The molecule has 0 bridgehead atoms. The van der Waals surface area contributed by atoms with Crippen LogP contribution in [-0.4, -0.2) is 30.2 Å². The van der Waals surface area contributed by atoms with Gasteiger partial charge < -0.3 is 16.0 Å². The van der Waals surface area contributed by atoms with E-state index < -0.39 is 0 Å². The molecular formula is C15H17N5S. The van der Waals surface area contributed by atoms with Gasteiger partial charge in [0, 0.05) is 25.5 Å². The minimum absolute atomic E-state index is 0.546. The number of para-hydroxylation sites is 1. The molecule has 0 atom stereocenters. The number of nitrogens with zero attached hydrogens (tertiary/aromatic N) is 2. The number of aryl methyl sites for hydroxylation is 1. The maximum absolute atomic E-state index is 9.25. The molecule has 6 heteroatoms. The molecule has 0 unspecified atom stereocenters. The summed E-state index contributed by atoms with van der Waals surface area (Å²) in [5, 5.41) is 19.9. The lowest BCUT2D eigenvalue weighted by Crippen LogP contribution is -2.35. The summed E-state index contributed by atoms with van der Waals surface area (Å²) in [6.45, 7) is 3.29. The summed E-state index contributed by atoms with van der Waals surface area (Å²) in [6, 6.07) is 9.99. The van der Waals surface area contributed by atoms with Crippen molar-refractivity contribution in [2.45, 2.75) is 6.92 Å². The van der Waals surface area contributed by atoms with Gasteiger partial charge in [-0.25, -0.2) is 4.98 Å². The van der Waals surface area contributed by atoms with Crippen LogP contribution in [0.4, 0.5) is 5.82 Å². The first-order valence-corrected chi connectivity index (χ1v) is 7.06. The standard InChI is InChI=1S/C15H17N5S/c1-10-4-3-5-11-8-12(9-16)14(20-13(10)11)18-6-7-19-15(21)17-2/h3-5,8H,6-7H2,1-2H3,(H,18,20)(H2,17,19,21). The third-order valence-corrected chi connectivity index (χ3v) is 3.45. The highest BCUT2D eigenvalue weighted by Gasteiger charge is 2.07. The molecule has 5 nitrogen and oxygen atoms in total. The van der Waals surface area contributed by atoms with Gasteiger partial charge in [0.05, 0.1) is 11.1 Å². The van der Waals surface area contributed by atoms with E-state index in [1.165, 1.54) is 0 Å². The van der Waals surface area contributed by atoms with Crippen molar-refractivity contribution >= 4 is 34.1 Å². The molecule has 0 aliphatic carbocycles. The molecule has 1 aromatic heterocycles. The van der Waals surface area contributed by atoms with Gasteiger partial charge in [-0.15, -0.1) is 0 Å². The van der Waals surface area contributed by atoms with Gasteiger partial charge in [0.2, 0.25) is 0 Å². The van der Waals surface area contributed by atoms with Crippen LogP contribution in [0.1, 0.15) is 11.1 Å². The molecule has 108 valence electrons. The Labute approximate surface area is 129 Å². The molecule has 0 spiro atoms. The maximum Gasteiger partial charge on any atom is 0.166 e. The summed E-state index contributed by atoms with van der Waals surface area (Å²) in [5.41, 5.74) is 2.55. The van der Waals surface area contributed by atoms with E-state index in [0.29, 0.717) is 29.6 Å². The van der Waals surface area contributed by atoms with Crippen molar-refractivity contribution < 1.29 is 0 Å². The third kappa shape index (κ3) is 3.58. The molecule has 0 saturated heterocycles. The van der Waals surface area contributed by atoms with Crippen molar-refractivity contribution in [3.05, 3.63) is 35.4 Å². The Kier molecular flexibility index (Phi) is 4.90. The molecule has 0 amide bonds. The largest absolute Gasteiger partial charge is 0.367 e. The van der Waals surface area contributed by atoms with Gasteiger partial charge in [-0.1, -0.05) is 18.2 Å². The van der Waals surface area contributed by atoms with Crippen molar-refractivity contribution in [3.63, 3.8) is 0 Å². The van der Waals surface area contributed by atoms with Gasteiger partial charge in [-0.3, -0.25) is 0 Å². The molecule has 21 heavy (non-hydrogen) atoms. The van der Waals surface area contributed by atoms with E-state index in [1.807, 2.05) is 31.2 Å². The Bertz CT molecular complexity index is 705. The van der Waals surface area contributed by atoms with Gasteiger partial charge in [-0.2, -0.15) is 5.26 Å². The zero-order valence-electron chi connectivity index (χ0n) is 12.0. The second-order valence-electron chi connectivity index (χ2n) is 4.58. The van der Waals surface area contributed by atoms with Crippen LogP contribution in [0.3, 0.4) is 0 Å². The van der Waals surface area contributed by atoms with Crippen molar-refractivity contribution in [2.75, 3.05) is 25.5 Å². The second-order valence-corrected chi connectivity index (χ2v) is 4.98. The van der Waals surface area contributed by atoms with Crippen LogP contribution in [0.15, 0.2) is 24.3 Å². The average Bonchev–Trinajstić information content (AvgIpc) is 2.51. The monoisotopic (exact) mass is 299 g/mol. The normalized spacial score (nSPS) is 9.95. The molecule has 0 fully saturated rings. The van der Waals surface area contributed by atoms with Crippen molar-refractivity contribution in [2.24, 2.45) is 0 Å². The van der Waals surface area contributed by atoms with Gasteiger partial charge in [-0.05, 0) is 30.8 Å². The SMILES string of the molecule is CNC(=S)NCCNc1nc2c(C)cccc2cc1C#N. The summed E-state index contributed by atoms with van der Waals surface area (Å²) in [5.74, 6) is 0.608. The predicted octanol–water partition coefficient (Wildman–Crippen LogP) is 1.92. The van der Waals surface area contributed by atoms with Gasteiger partial charge >= 0.3 is 0 Å². The van der Waals surface area contributed by atoms with E-state index in [1.54, 1.807) is 7.05 Å². The lowest BCUT2D eigenvalue weighted by atomic mass is 10.1. The van der Waals surface area contributed by atoms with Crippen LogP contribution < -0.4 is 16.0 Å². The fourth-order valence-corrected chi connectivity index (χ4v) is 2.11. The number of anilines is 1. The number of hydrogen-bond donors (Lipinski definition) is 3. The number of thiocarbonyl (C=S) groups is 1. The predicted molar refractivity (Wildman–Crippen MR) is 89.3 cm³/mol. The van der Waals surface area contributed by atoms with Crippen LogP contribution in [0, 0.1) is 18.3 Å². The fourth-order valence-electron chi connectivity index (χ4n) is 2.01. The van der Waals surface area contributed by atoms with Crippen molar-refractivity contribution in [3.8, 4) is 6.07 Å².